The minimum absolute atomic E-state index is 0.218. The normalized spacial score (nSPS) is 11.5. The lowest BCUT2D eigenvalue weighted by Gasteiger charge is -2.15. The third kappa shape index (κ3) is 3.76. The maximum Gasteiger partial charge on any atom is 0.326 e. The molecular formula is C12H15N3O2. The maximum absolute atomic E-state index is 11.0. The number of aliphatic carboxylic acids is 1. The van der Waals surface area contributed by atoms with Gasteiger partial charge < -0.3 is 10.4 Å². The predicted molar refractivity (Wildman–Crippen MR) is 63.5 cm³/mol. The second-order valence-electron chi connectivity index (χ2n) is 3.69. The van der Waals surface area contributed by atoms with Gasteiger partial charge in [-0.05, 0) is 18.6 Å². The SMILES string of the molecule is CCCCC(Nc1cccnc1C#N)C(=O)O. The number of unbranched alkanes of at least 4 members (excludes halogenated alkanes) is 1. The Morgan fingerprint density at radius 2 is 2.47 bits per heavy atom. The minimum atomic E-state index is -0.911. The van der Waals surface area contributed by atoms with E-state index < -0.39 is 12.0 Å². The highest BCUT2D eigenvalue weighted by atomic mass is 16.4. The molecule has 0 fully saturated rings. The van der Waals surface area contributed by atoms with Crippen molar-refractivity contribution in [2.75, 3.05) is 5.32 Å². The molecule has 0 aromatic carbocycles. The predicted octanol–water partition coefficient (Wildman–Crippen LogP) is 2.01. The first-order valence-electron chi connectivity index (χ1n) is 5.53. The zero-order chi connectivity index (χ0) is 12.7. The molecular weight excluding hydrogens is 218 g/mol. The Morgan fingerprint density at radius 3 is 3.06 bits per heavy atom. The average molecular weight is 233 g/mol. The first-order valence-corrected chi connectivity index (χ1v) is 5.53. The molecule has 1 heterocycles. The molecule has 0 saturated carbocycles. The molecule has 0 aliphatic carbocycles. The van der Waals surface area contributed by atoms with E-state index in [0.29, 0.717) is 12.1 Å². The summed E-state index contributed by atoms with van der Waals surface area (Å²) in [6, 6.07) is 4.58. The van der Waals surface area contributed by atoms with Crippen molar-refractivity contribution in [3.63, 3.8) is 0 Å². The van der Waals surface area contributed by atoms with Crippen LogP contribution < -0.4 is 5.32 Å². The number of hydrogen-bond donors (Lipinski definition) is 2. The monoisotopic (exact) mass is 233 g/mol. The number of nitriles is 1. The number of anilines is 1. The number of nitrogens with one attached hydrogen (secondary N) is 1. The van der Waals surface area contributed by atoms with Crippen molar-refractivity contribution in [3.05, 3.63) is 24.0 Å². The van der Waals surface area contributed by atoms with Crippen LogP contribution in [-0.4, -0.2) is 22.1 Å². The van der Waals surface area contributed by atoms with Gasteiger partial charge in [-0.15, -0.1) is 0 Å². The van der Waals surface area contributed by atoms with E-state index >= 15 is 0 Å². The van der Waals surface area contributed by atoms with Gasteiger partial charge in [0.05, 0.1) is 5.69 Å². The molecule has 17 heavy (non-hydrogen) atoms. The van der Waals surface area contributed by atoms with Gasteiger partial charge in [0.25, 0.3) is 0 Å². The van der Waals surface area contributed by atoms with E-state index in [4.69, 9.17) is 10.4 Å². The van der Waals surface area contributed by atoms with Crippen molar-refractivity contribution in [1.29, 1.82) is 5.26 Å². The molecule has 1 unspecified atom stereocenters. The van der Waals surface area contributed by atoms with Crippen molar-refractivity contribution in [2.45, 2.75) is 32.2 Å². The van der Waals surface area contributed by atoms with Gasteiger partial charge in [-0.25, -0.2) is 9.78 Å². The molecule has 5 nitrogen and oxygen atoms in total. The number of hydrogen-bond acceptors (Lipinski definition) is 4. The average Bonchev–Trinajstić information content (AvgIpc) is 2.34. The molecule has 1 aromatic heterocycles. The lowest BCUT2D eigenvalue weighted by molar-refractivity contribution is -0.138. The summed E-state index contributed by atoms with van der Waals surface area (Å²) in [6.45, 7) is 2.00. The van der Waals surface area contributed by atoms with Crippen molar-refractivity contribution < 1.29 is 9.90 Å². The van der Waals surface area contributed by atoms with Crippen molar-refractivity contribution in [1.82, 2.24) is 4.98 Å². The molecule has 2 N–H and O–H groups in total. The molecule has 1 rings (SSSR count). The Kier molecular flexibility index (Phi) is 4.95. The Bertz CT molecular complexity index is 426. The zero-order valence-corrected chi connectivity index (χ0v) is 9.68. The van der Waals surface area contributed by atoms with Crippen LogP contribution >= 0.6 is 0 Å². The Labute approximate surface area is 100 Å². The highest BCUT2D eigenvalue weighted by molar-refractivity contribution is 5.77. The van der Waals surface area contributed by atoms with Crippen LogP contribution in [0, 0.1) is 11.3 Å². The first kappa shape index (κ1) is 13.0. The van der Waals surface area contributed by atoms with E-state index in [0.717, 1.165) is 12.8 Å². The van der Waals surface area contributed by atoms with Crippen LogP contribution in [0.1, 0.15) is 31.9 Å². The molecule has 0 amide bonds. The second-order valence-corrected chi connectivity index (χ2v) is 3.69. The van der Waals surface area contributed by atoms with Gasteiger partial charge in [-0.1, -0.05) is 19.8 Å². The quantitative estimate of drug-likeness (QED) is 0.784. The molecule has 0 aliphatic rings. The number of carbonyl (C=O) groups is 1. The first-order chi connectivity index (χ1) is 8.19. The van der Waals surface area contributed by atoms with Gasteiger partial charge in [-0.2, -0.15) is 5.26 Å². The minimum Gasteiger partial charge on any atom is -0.480 e. The van der Waals surface area contributed by atoms with E-state index in [1.807, 2.05) is 13.0 Å². The molecule has 0 spiro atoms. The number of pyridine rings is 1. The summed E-state index contributed by atoms with van der Waals surface area (Å²) in [5, 5.41) is 20.8. The standard InChI is InChI=1S/C12H15N3O2/c1-2-3-5-10(12(16)17)15-9-6-4-7-14-11(9)8-13/h4,6-7,10,15H,2-3,5H2,1H3,(H,16,17). The molecule has 5 heteroatoms. The lowest BCUT2D eigenvalue weighted by atomic mass is 10.1. The number of nitrogens with zero attached hydrogens (tertiary/aromatic N) is 2. The summed E-state index contributed by atoms with van der Waals surface area (Å²) in [6.07, 6.45) is 3.80. The van der Waals surface area contributed by atoms with E-state index in [2.05, 4.69) is 10.3 Å². The summed E-state index contributed by atoms with van der Waals surface area (Å²) < 4.78 is 0. The summed E-state index contributed by atoms with van der Waals surface area (Å²) in [4.78, 5) is 14.9. The fraction of sp³-hybridized carbons (Fsp3) is 0.417. The number of aromatic nitrogens is 1. The summed E-state index contributed by atoms with van der Waals surface area (Å²) in [7, 11) is 0. The van der Waals surface area contributed by atoms with Crippen LogP contribution in [0.3, 0.4) is 0 Å². The Balaban J connectivity index is 2.79. The fourth-order valence-electron chi connectivity index (χ4n) is 1.46. The third-order valence-electron chi connectivity index (χ3n) is 2.39. The van der Waals surface area contributed by atoms with Crippen LogP contribution in [0.5, 0.6) is 0 Å². The van der Waals surface area contributed by atoms with E-state index in [1.165, 1.54) is 6.20 Å². The number of rotatable bonds is 6. The number of carboxylic acids is 1. The smallest absolute Gasteiger partial charge is 0.326 e. The molecule has 0 bridgehead atoms. The van der Waals surface area contributed by atoms with Gasteiger partial charge in [0.15, 0.2) is 5.69 Å². The zero-order valence-electron chi connectivity index (χ0n) is 9.68. The van der Waals surface area contributed by atoms with Crippen molar-refractivity contribution in [2.24, 2.45) is 0 Å². The molecule has 0 saturated heterocycles. The van der Waals surface area contributed by atoms with Gasteiger partial charge in [0.1, 0.15) is 12.1 Å². The highest BCUT2D eigenvalue weighted by Gasteiger charge is 2.17. The summed E-state index contributed by atoms with van der Waals surface area (Å²) in [5.74, 6) is -0.911. The molecule has 1 aromatic rings. The number of carboxylic acid groups (broad SMARTS) is 1. The van der Waals surface area contributed by atoms with Crippen LogP contribution in [0.15, 0.2) is 18.3 Å². The van der Waals surface area contributed by atoms with Crippen LogP contribution in [-0.2, 0) is 4.79 Å². The van der Waals surface area contributed by atoms with Crippen molar-refractivity contribution >= 4 is 11.7 Å². The van der Waals surface area contributed by atoms with Gasteiger partial charge in [0.2, 0.25) is 0 Å². The third-order valence-corrected chi connectivity index (χ3v) is 2.39. The summed E-state index contributed by atoms with van der Waals surface area (Å²) in [5.41, 5.74) is 0.689. The van der Waals surface area contributed by atoms with E-state index in [-0.39, 0.29) is 5.69 Å². The van der Waals surface area contributed by atoms with Crippen LogP contribution in [0.25, 0.3) is 0 Å². The lowest BCUT2D eigenvalue weighted by Crippen LogP contribution is -2.29. The highest BCUT2D eigenvalue weighted by Crippen LogP contribution is 2.14. The largest absolute Gasteiger partial charge is 0.480 e. The molecule has 0 radical (unpaired) electrons. The Morgan fingerprint density at radius 1 is 1.71 bits per heavy atom. The van der Waals surface area contributed by atoms with Gasteiger partial charge in [-0.3, -0.25) is 0 Å². The molecule has 90 valence electrons. The molecule has 0 aliphatic heterocycles. The van der Waals surface area contributed by atoms with Crippen LogP contribution in [0.2, 0.25) is 0 Å². The fourth-order valence-corrected chi connectivity index (χ4v) is 1.46. The maximum atomic E-state index is 11.0. The molecule has 1 atom stereocenters. The van der Waals surface area contributed by atoms with E-state index in [9.17, 15) is 4.79 Å². The van der Waals surface area contributed by atoms with E-state index in [1.54, 1.807) is 12.1 Å². The summed E-state index contributed by atoms with van der Waals surface area (Å²) >= 11 is 0. The van der Waals surface area contributed by atoms with Crippen LogP contribution in [0.4, 0.5) is 5.69 Å². The second kappa shape index (κ2) is 6.48. The Hall–Kier alpha value is -2.09. The topological polar surface area (TPSA) is 86.0 Å². The van der Waals surface area contributed by atoms with Gasteiger partial charge >= 0.3 is 5.97 Å². The van der Waals surface area contributed by atoms with Crippen molar-refractivity contribution in [3.8, 4) is 6.07 Å². The van der Waals surface area contributed by atoms with Gasteiger partial charge in [0, 0.05) is 6.20 Å².